The Morgan fingerprint density at radius 1 is 1.83 bits per heavy atom. The predicted molar refractivity (Wildman–Crippen MR) is 41.3 cm³/mol. The number of aryl methyl sites for hydroxylation is 1. The molecule has 0 aliphatic rings. The first-order valence-electron chi connectivity index (χ1n) is 3.68. The third-order valence-electron chi connectivity index (χ3n) is 1.60. The van der Waals surface area contributed by atoms with Gasteiger partial charge in [0.05, 0.1) is 0 Å². The standard InChI is InChI=1S/C7H11N3O2/c1-3-10-6(8-5-9-10)7(2,12)4-11/h4-5,12H,3H2,1-2H3. The second-order valence-corrected chi connectivity index (χ2v) is 2.66. The van der Waals surface area contributed by atoms with E-state index in [4.69, 9.17) is 0 Å². The van der Waals surface area contributed by atoms with Gasteiger partial charge < -0.3 is 5.11 Å². The van der Waals surface area contributed by atoms with Crippen molar-refractivity contribution in [2.45, 2.75) is 26.0 Å². The first-order valence-corrected chi connectivity index (χ1v) is 3.68. The second kappa shape index (κ2) is 3.02. The van der Waals surface area contributed by atoms with Crippen LogP contribution in [0, 0.1) is 0 Å². The fourth-order valence-electron chi connectivity index (χ4n) is 0.940. The van der Waals surface area contributed by atoms with Crippen LogP contribution in [0.4, 0.5) is 0 Å². The van der Waals surface area contributed by atoms with Gasteiger partial charge in [-0.25, -0.2) is 9.67 Å². The lowest BCUT2D eigenvalue weighted by atomic mass is 10.1. The van der Waals surface area contributed by atoms with Gasteiger partial charge in [0.25, 0.3) is 0 Å². The summed E-state index contributed by atoms with van der Waals surface area (Å²) in [6.45, 7) is 3.83. The SMILES string of the molecule is CCn1ncnc1C(C)(O)C=O. The van der Waals surface area contributed by atoms with Crippen LogP contribution in [0.3, 0.4) is 0 Å². The highest BCUT2D eigenvalue weighted by Crippen LogP contribution is 2.13. The Morgan fingerprint density at radius 3 is 3.00 bits per heavy atom. The molecular weight excluding hydrogens is 158 g/mol. The normalized spacial score (nSPS) is 15.6. The van der Waals surface area contributed by atoms with Gasteiger partial charge in [0, 0.05) is 6.54 Å². The summed E-state index contributed by atoms with van der Waals surface area (Å²) in [6.07, 6.45) is 1.76. The van der Waals surface area contributed by atoms with Crippen LogP contribution < -0.4 is 0 Å². The van der Waals surface area contributed by atoms with E-state index >= 15 is 0 Å². The van der Waals surface area contributed by atoms with E-state index in [0.29, 0.717) is 12.8 Å². The van der Waals surface area contributed by atoms with Gasteiger partial charge in [0.1, 0.15) is 6.33 Å². The average Bonchev–Trinajstić information content (AvgIpc) is 2.52. The van der Waals surface area contributed by atoms with Crippen molar-refractivity contribution in [3.8, 4) is 0 Å². The van der Waals surface area contributed by atoms with Gasteiger partial charge in [0.15, 0.2) is 17.7 Å². The number of aromatic nitrogens is 3. The number of hydrogen-bond acceptors (Lipinski definition) is 4. The second-order valence-electron chi connectivity index (χ2n) is 2.66. The summed E-state index contributed by atoms with van der Waals surface area (Å²) in [7, 11) is 0. The molecule has 0 radical (unpaired) electrons. The summed E-state index contributed by atoms with van der Waals surface area (Å²) in [5, 5.41) is 13.3. The van der Waals surface area contributed by atoms with Gasteiger partial charge in [-0.1, -0.05) is 0 Å². The number of rotatable bonds is 3. The summed E-state index contributed by atoms with van der Waals surface area (Å²) >= 11 is 0. The van der Waals surface area contributed by atoms with Crippen molar-refractivity contribution in [1.82, 2.24) is 14.8 Å². The largest absolute Gasteiger partial charge is 0.375 e. The number of hydrogen-bond donors (Lipinski definition) is 1. The van der Waals surface area contributed by atoms with E-state index in [1.807, 2.05) is 6.92 Å². The van der Waals surface area contributed by atoms with E-state index in [1.54, 1.807) is 0 Å². The lowest BCUT2D eigenvalue weighted by Gasteiger charge is -2.14. The molecule has 0 saturated carbocycles. The molecular formula is C7H11N3O2. The minimum absolute atomic E-state index is 0.278. The molecule has 1 N–H and O–H groups in total. The van der Waals surface area contributed by atoms with Gasteiger partial charge in [-0.05, 0) is 13.8 Å². The smallest absolute Gasteiger partial charge is 0.176 e. The van der Waals surface area contributed by atoms with Crippen molar-refractivity contribution >= 4 is 6.29 Å². The van der Waals surface area contributed by atoms with Crippen LogP contribution in [0.15, 0.2) is 6.33 Å². The topological polar surface area (TPSA) is 68.0 Å². The molecule has 0 fully saturated rings. The van der Waals surface area contributed by atoms with E-state index in [0.717, 1.165) is 0 Å². The molecule has 5 heteroatoms. The Hall–Kier alpha value is -1.23. The number of nitrogens with zero attached hydrogens (tertiary/aromatic N) is 3. The molecule has 0 aromatic carbocycles. The summed E-state index contributed by atoms with van der Waals surface area (Å²) in [5.41, 5.74) is -1.54. The van der Waals surface area contributed by atoms with Crippen molar-refractivity contribution in [1.29, 1.82) is 0 Å². The number of aliphatic hydroxyl groups is 1. The molecule has 1 atom stereocenters. The molecule has 66 valence electrons. The number of aldehydes is 1. The van der Waals surface area contributed by atoms with Crippen molar-refractivity contribution < 1.29 is 9.90 Å². The monoisotopic (exact) mass is 169 g/mol. The molecule has 0 aliphatic carbocycles. The maximum atomic E-state index is 10.5. The third kappa shape index (κ3) is 1.35. The van der Waals surface area contributed by atoms with E-state index in [9.17, 15) is 9.90 Å². The van der Waals surface area contributed by atoms with Gasteiger partial charge in [-0.15, -0.1) is 0 Å². The molecule has 0 amide bonds. The molecule has 12 heavy (non-hydrogen) atoms. The molecule has 1 aromatic rings. The van der Waals surface area contributed by atoms with Crippen LogP contribution in [0.5, 0.6) is 0 Å². The fraction of sp³-hybridized carbons (Fsp3) is 0.571. The quantitative estimate of drug-likeness (QED) is 0.631. The van der Waals surface area contributed by atoms with Crippen LogP contribution in [0.25, 0.3) is 0 Å². The zero-order valence-corrected chi connectivity index (χ0v) is 7.06. The molecule has 0 spiro atoms. The van der Waals surface area contributed by atoms with Crippen molar-refractivity contribution in [2.24, 2.45) is 0 Å². The highest BCUT2D eigenvalue weighted by Gasteiger charge is 2.27. The summed E-state index contributed by atoms with van der Waals surface area (Å²) in [5.74, 6) is 0.278. The van der Waals surface area contributed by atoms with Crippen molar-refractivity contribution in [2.75, 3.05) is 0 Å². The van der Waals surface area contributed by atoms with Gasteiger partial charge >= 0.3 is 0 Å². The van der Waals surface area contributed by atoms with E-state index in [2.05, 4.69) is 10.1 Å². The van der Waals surface area contributed by atoms with E-state index < -0.39 is 5.60 Å². The Bertz CT molecular complexity index is 280. The van der Waals surface area contributed by atoms with E-state index in [-0.39, 0.29) is 5.82 Å². The third-order valence-corrected chi connectivity index (χ3v) is 1.60. The van der Waals surface area contributed by atoms with Gasteiger partial charge in [-0.3, -0.25) is 4.79 Å². The first-order chi connectivity index (χ1) is 5.61. The fourth-order valence-corrected chi connectivity index (χ4v) is 0.940. The molecule has 1 heterocycles. The zero-order chi connectivity index (χ0) is 9.19. The minimum Gasteiger partial charge on any atom is -0.375 e. The van der Waals surface area contributed by atoms with Crippen molar-refractivity contribution in [3.05, 3.63) is 12.2 Å². The van der Waals surface area contributed by atoms with E-state index in [1.165, 1.54) is 17.9 Å². The summed E-state index contributed by atoms with van der Waals surface area (Å²) in [4.78, 5) is 14.3. The molecule has 0 saturated heterocycles. The summed E-state index contributed by atoms with van der Waals surface area (Å²) < 4.78 is 1.48. The molecule has 1 unspecified atom stereocenters. The predicted octanol–water partition coefficient (Wildman–Crippen LogP) is -0.296. The first kappa shape index (κ1) is 8.86. The molecule has 1 rings (SSSR count). The molecule has 5 nitrogen and oxygen atoms in total. The lowest BCUT2D eigenvalue weighted by Crippen LogP contribution is -2.27. The van der Waals surface area contributed by atoms with Gasteiger partial charge in [-0.2, -0.15) is 5.10 Å². The van der Waals surface area contributed by atoms with Crippen LogP contribution in [-0.2, 0) is 16.9 Å². The maximum absolute atomic E-state index is 10.5. The van der Waals surface area contributed by atoms with Crippen LogP contribution >= 0.6 is 0 Å². The Labute approximate surface area is 70.0 Å². The van der Waals surface area contributed by atoms with Crippen LogP contribution in [0.2, 0.25) is 0 Å². The maximum Gasteiger partial charge on any atom is 0.176 e. The Morgan fingerprint density at radius 2 is 2.50 bits per heavy atom. The average molecular weight is 169 g/mol. The van der Waals surface area contributed by atoms with Crippen LogP contribution in [-0.4, -0.2) is 26.2 Å². The summed E-state index contributed by atoms with van der Waals surface area (Å²) in [6, 6.07) is 0. The van der Waals surface area contributed by atoms with Crippen molar-refractivity contribution in [3.63, 3.8) is 0 Å². The lowest BCUT2D eigenvalue weighted by molar-refractivity contribution is -0.124. The zero-order valence-electron chi connectivity index (χ0n) is 7.06. The molecule has 0 bridgehead atoms. The number of carbonyl (C=O) groups excluding carboxylic acids is 1. The van der Waals surface area contributed by atoms with Gasteiger partial charge in [0.2, 0.25) is 0 Å². The molecule has 0 aliphatic heterocycles. The highest BCUT2D eigenvalue weighted by molar-refractivity contribution is 5.62. The van der Waals surface area contributed by atoms with Crippen LogP contribution in [0.1, 0.15) is 19.7 Å². The Kier molecular flexibility index (Phi) is 2.23. The number of carbonyl (C=O) groups is 1. The Balaban J connectivity index is 3.08. The molecule has 1 aromatic heterocycles. The highest BCUT2D eigenvalue weighted by atomic mass is 16.3. The minimum atomic E-state index is -1.54.